The van der Waals surface area contributed by atoms with Crippen LogP contribution in [0.4, 0.5) is 5.69 Å². The number of anilines is 1. The van der Waals surface area contributed by atoms with Crippen LogP contribution in [0.2, 0.25) is 0 Å². The molecule has 1 aliphatic rings. The van der Waals surface area contributed by atoms with Gasteiger partial charge in [-0.1, -0.05) is 19.1 Å². The Labute approximate surface area is 214 Å². The van der Waals surface area contributed by atoms with Crippen molar-refractivity contribution in [1.82, 2.24) is 0 Å². The second-order valence-corrected chi connectivity index (χ2v) is 9.92. The molecule has 0 spiro atoms. The summed E-state index contributed by atoms with van der Waals surface area (Å²) in [6.07, 6.45) is 0.837. The van der Waals surface area contributed by atoms with Crippen LogP contribution in [0.15, 0.2) is 83.3 Å². The van der Waals surface area contributed by atoms with Crippen LogP contribution in [-0.4, -0.2) is 38.9 Å². The highest BCUT2D eigenvalue weighted by atomic mass is 32.2. The van der Waals surface area contributed by atoms with Gasteiger partial charge in [0.25, 0.3) is 11.7 Å². The Morgan fingerprint density at radius 1 is 1.00 bits per heavy atom. The number of sulfonamides is 1. The normalized spacial score (nSPS) is 17.2. The lowest BCUT2D eigenvalue weighted by Gasteiger charge is -2.26. The highest BCUT2D eigenvalue weighted by Crippen LogP contribution is 2.43. The van der Waals surface area contributed by atoms with E-state index < -0.39 is 27.8 Å². The molecule has 0 saturated carbocycles. The molecule has 1 unspecified atom stereocenters. The van der Waals surface area contributed by atoms with Gasteiger partial charge in [0.1, 0.15) is 17.3 Å². The monoisotopic (exact) mass is 522 g/mol. The van der Waals surface area contributed by atoms with Gasteiger partial charge in [-0.05, 0) is 72.6 Å². The predicted octanol–water partition coefficient (Wildman–Crippen LogP) is 3.76. The molecular weight excluding hydrogens is 496 g/mol. The molecule has 0 bridgehead atoms. The van der Waals surface area contributed by atoms with E-state index in [0.29, 0.717) is 29.2 Å². The van der Waals surface area contributed by atoms with E-state index in [1.54, 1.807) is 48.5 Å². The third-order valence-corrected chi connectivity index (χ3v) is 6.83. The maximum absolute atomic E-state index is 13.3. The van der Waals surface area contributed by atoms with Crippen molar-refractivity contribution in [2.75, 3.05) is 18.6 Å². The topological polar surface area (TPSA) is 136 Å². The van der Waals surface area contributed by atoms with Crippen molar-refractivity contribution < 1.29 is 32.6 Å². The Hall–Kier alpha value is -4.15. The zero-order valence-electron chi connectivity index (χ0n) is 20.2. The third kappa shape index (κ3) is 5.20. The number of primary sulfonamides is 1. The quantitative estimate of drug-likeness (QED) is 0.261. The van der Waals surface area contributed by atoms with Crippen LogP contribution in [0, 0.1) is 0 Å². The van der Waals surface area contributed by atoms with Gasteiger partial charge in [-0.3, -0.25) is 14.5 Å². The number of ether oxygens (including phenoxy) is 2. The molecule has 4 rings (SSSR count). The van der Waals surface area contributed by atoms with Crippen molar-refractivity contribution in [1.29, 1.82) is 0 Å². The fourth-order valence-electron chi connectivity index (χ4n) is 4.11. The molecule has 0 aromatic heterocycles. The fraction of sp³-hybridized carbons (Fsp3) is 0.185. The number of nitrogens with two attached hydrogens (primary N) is 1. The van der Waals surface area contributed by atoms with Crippen LogP contribution in [-0.2, 0) is 19.6 Å². The molecule has 1 fully saturated rings. The summed E-state index contributed by atoms with van der Waals surface area (Å²) < 4.78 is 34.3. The molecule has 1 atom stereocenters. The number of hydrogen-bond donors (Lipinski definition) is 2. The first-order valence-corrected chi connectivity index (χ1v) is 13.0. The molecule has 9 nitrogen and oxygen atoms in total. The van der Waals surface area contributed by atoms with Crippen molar-refractivity contribution in [3.05, 3.63) is 89.5 Å². The molecule has 1 amide bonds. The number of methoxy groups -OCH3 is 1. The van der Waals surface area contributed by atoms with E-state index in [1.165, 1.54) is 36.3 Å². The summed E-state index contributed by atoms with van der Waals surface area (Å²) in [6.45, 7) is 2.52. The lowest BCUT2D eigenvalue weighted by atomic mass is 9.95. The molecule has 1 heterocycles. The van der Waals surface area contributed by atoms with Crippen LogP contribution in [0.1, 0.15) is 30.5 Å². The average Bonchev–Trinajstić information content (AvgIpc) is 3.17. The summed E-state index contributed by atoms with van der Waals surface area (Å²) in [5, 5.41) is 16.5. The number of rotatable bonds is 8. The number of hydrogen-bond acceptors (Lipinski definition) is 7. The van der Waals surface area contributed by atoms with Gasteiger partial charge in [0, 0.05) is 11.3 Å². The average molecular weight is 523 g/mol. The second kappa shape index (κ2) is 10.5. The summed E-state index contributed by atoms with van der Waals surface area (Å²) in [6, 6.07) is 17.6. The molecule has 0 radical (unpaired) electrons. The SMILES string of the molecule is CCCOc1ccc(/C(O)=C2\C(=O)C(=O)N(c3ccc(S(N)(=O)=O)cc3)C2c2cccc(OC)c2)cc1. The van der Waals surface area contributed by atoms with E-state index in [9.17, 15) is 23.1 Å². The van der Waals surface area contributed by atoms with Crippen molar-refractivity contribution >= 4 is 33.2 Å². The number of carbonyl (C=O) groups excluding carboxylic acids is 2. The summed E-state index contributed by atoms with van der Waals surface area (Å²) >= 11 is 0. The molecule has 3 aromatic carbocycles. The molecule has 0 aliphatic carbocycles. The highest BCUT2D eigenvalue weighted by molar-refractivity contribution is 7.89. The highest BCUT2D eigenvalue weighted by Gasteiger charge is 2.47. The summed E-state index contributed by atoms with van der Waals surface area (Å²) in [5.41, 5.74) is 0.985. The molecule has 3 aromatic rings. The molecular formula is C27H26N2O7S. The fourth-order valence-corrected chi connectivity index (χ4v) is 4.62. The minimum Gasteiger partial charge on any atom is -0.507 e. The number of aliphatic hydroxyl groups excluding tert-OH is 1. The van der Waals surface area contributed by atoms with E-state index in [-0.39, 0.29) is 21.9 Å². The van der Waals surface area contributed by atoms with Crippen molar-refractivity contribution in [2.24, 2.45) is 5.14 Å². The third-order valence-electron chi connectivity index (χ3n) is 5.90. The minimum atomic E-state index is -3.96. The van der Waals surface area contributed by atoms with Crippen LogP contribution in [0.25, 0.3) is 5.76 Å². The van der Waals surface area contributed by atoms with Gasteiger partial charge in [-0.2, -0.15) is 0 Å². The lowest BCUT2D eigenvalue weighted by Crippen LogP contribution is -2.29. The Bertz CT molecular complexity index is 1460. The zero-order valence-corrected chi connectivity index (χ0v) is 21.1. The van der Waals surface area contributed by atoms with E-state index in [0.717, 1.165) is 6.42 Å². The van der Waals surface area contributed by atoms with E-state index in [1.807, 2.05) is 6.92 Å². The van der Waals surface area contributed by atoms with Gasteiger partial charge in [0.2, 0.25) is 10.0 Å². The number of aliphatic hydroxyl groups is 1. The summed E-state index contributed by atoms with van der Waals surface area (Å²) in [7, 11) is -2.47. The Morgan fingerprint density at radius 3 is 2.27 bits per heavy atom. The smallest absolute Gasteiger partial charge is 0.300 e. The van der Waals surface area contributed by atoms with Gasteiger partial charge < -0.3 is 14.6 Å². The molecule has 1 aliphatic heterocycles. The largest absolute Gasteiger partial charge is 0.507 e. The Kier molecular flexibility index (Phi) is 7.33. The summed E-state index contributed by atoms with van der Waals surface area (Å²) in [5.74, 6) is -1.01. The zero-order chi connectivity index (χ0) is 26.7. The van der Waals surface area contributed by atoms with E-state index in [4.69, 9.17) is 14.6 Å². The first kappa shape index (κ1) is 25.9. The number of ketones is 1. The van der Waals surface area contributed by atoms with E-state index >= 15 is 0 Å². The van der Waals surface area contributed by atoms with Crippen molar-refractivity contribution in [2.45, 2.75) is 24.3 Å². The van der Waals surface area contributed by atoms with Gasteiger partial charge in [-0.15, -0.1) is 0 Å². The van der Waals surface area contributed by atoms with Crippen LogP contribution >= 0.6 is 0 Å². The number of carbonyl (C=O) groups is 2. The first-order chi connectivity index (χ1) is 17.7. The molecule has 1 saturated heterocycles. The maximum atomic E-state index is 13.3. The van der Waals surface area contributed by atoms with Gasteiger partial charge in [0.15, 0.2) is 0 Å². The summed E-state index contributed by atoms with van der Waals surface area (Å²) in [4.78, 5) is 27.7. The molecule has 37 heavy (non-hydrogen) atoms. The maximum Gasteiger partial charge on any atom is 0.300 e. The van der Waals surface area contributed by atoms with Gasteiger partial charge >= 0.3 is 0 Å². The van der Waals surface area contributed by atoms with Crippen LogP contribution in [0.5, 0.6) is 11.5 Å². The molecule has 10 heteroatoms. The molecule has 192 valence electrons. The standard InChI is InChI=1S/C27H26N2O7S/c1-3-15-36-20-11-7-17(8-12-20)25(30)23-24(18-5-4-6-21(16-18)35-2)29(27(32)26(23)31)19-9-13-22(14-10-19)37(28,33)34/h4-14,16,24,30H,3,15H2,1-2H3,(H2,28,33,34)/b25-23+. The van der Waals surface area contributed by atoms with Crippen molar-refractivity contribution in [3.8, 4) is 11.5 Å². The van der Waals surface area contributed by atoms with E-state index in [2.05, 4.69) is 0 Å². The number of benzene rings is 3. The number of Topliss-reactive ketones (excluding diaryl/α,β-unsaturated/α-hetero) is 1. The number of amides is 1. The minimum absolute atomic E-state index is 0.115. The van der Waals surface area contributed by atoms with Crippen LogP contribution < -0.4 is 19.5 Å². The Balaban J connectivity index is 1.86. The van der Waals surface area contributed by atoms with Crippen molar-refractivity contribution in [3.63, 3.8) is 0 Å². The first-order valence-electron chi connectivity index (χ1n) is 11.5. The lowest BCUT2D eigenvalue weighted by molar-refractivity contribution is -0.132. The Morgan fingerprint density at radius 2 is 1.68 bits per heavy atom. The second-order valence-electron chi connectivity index (χ2n) is 8.36. The number of nitrogens with zero attached hydrogens (tertiary/aromatic N) is 1. The van der Waals surface area contributed by atoms with Gasteiger partial charge in [0.05, 0.1) is 30.2 Å². The van der Waals surface area contributed by atoms with Gasteiger partial charge in [-0.25, -0.2) is 13.6 Å². The van der Waals surface area contributed by atoms with Crippen LogP contribution in [0.3, 0.4) is 0 Å². The molecule has 3 N–H and O–H groups in total. The predicted molar refractivity (Wildman–Crippen MR) is 138 cm³/mol.